The van der Waals surface area contributed by atoms with E-state index in [9.17, 15) is 19.7 Å². The number of imide groups is 1. The minimum absolute atomic E-state index is 0.0409. The molecule has 0 saturated heterocycles. The number of carbonyl (C=O) groups is 2. The summed E-state index contributed by atoms with van der Waals surface area (Å²) in [6.45, 7) is -0.403. The van der Waals surface area contributed by atoms with E-state index >= 15 is 0 Å². The zero-order chi connectivity index (χ0) is 17.3. The Kier molecular flexibility index (Phi) is 3.97. The zero-order valence-electron chi connectivity index (χ0n) is 12.4. The molecule has 0 unspecified atom stereocenters. The summed E-state index contributed by atoms with van der Waals surface area (Å²) < 4.78 is 0. The Bertz CT molecular complexity index is 890. The number of fused-ring (bicyclic) bond motifs is 1. The molecule has 0 aliphatic carbocycles. The summed E-state index contributed by atoms with van der Waals surface area (Å²) in [5, 5.41) is 23.9. The Morgan fingerprint density at radius 1 is 1.12 bits per heavy atom. The summed E-state index contributed by atoms with van der Waals surface area (Å²) in [5.41, 5.74) is 0.503. The van der Waals surface area contributed by atoms with Crippen LogP contribution in [0.4, 0.5) is 11.4 Å². The van der Waals surface area contributed by atoms with Gasteiger partial charge in [0.05, 0.1) is 23.5 Å². The maximum Gasteiger partial charge on any atom is 0.277 e. The van der Waals surface area contributed by atoms with Crippen molar-refractivity contribution in [2.75, 3.05) is 18.5 Å². The molecule has 24 heavy (non-hydrogen) atoms. The van der Waals surface area contributed by atoms with E-state index in [0.29, 0.717) is 16.5 Å². The number of β-amino-alcohol motifs (C(OH)–C–C–N with tert-alkyl or cyclic N) is 1. The molecule has 8 heteroatoms. The lowest BCUT2D eigenvalue weighted by molar-refractivity contribution is -0.383. The minimum Gasteiger partial charge on any atom is -0.395 e. The van der Waals surface area contributed by atoms with Crippen molar-refractivity contribution < 1.29 is 19.6 Å². The van der Waals surface area contributed by atoms with Gasteiger partial charge in [0.2, 0.25) is 0 Å². The van der Waals surface area contributed by atoms with Crippen LogP contribution in [0, 0.1) is 10.1 Å². The summed E-state index contributed by atoms with van der Waals surface area (Å²) in [5.74, 6) is -1.06. The number of aliphatic hydroxyl groups is 1. The van der Waals surface area contributed by atoms with E-state index in [2.05, 4.69) is 5.32 Å². The van der Waals surface area contributed by atoms with Gasteiger partial charge < -0.3 is 10.4 Å². The van der Waals surface area contributed by atoms with Crippen LogP contribution in [0.3, 0.4) is 0 Å². The summed E-state index contributed by atoms with van der Waals surface area (Å²) >= 11 is 0. The molecule has 2 N–H and O–H groups in total. The Morgan fingerprint density at radius 3 is 2.50 bits per heavy atom. The second kappa shape index (κ2) is 6.09. The smallest absolute Gasteiger partial charge is 0.277 e. The third kappa shape index (κ3) is 2.59. The number of rotatable bonds is 5. The van der Waals surface area contributed by atoms with Gasteiger partial charge >= 0.3 is 0 Å². The van der Waals surface area contributed by atoms with Crippen molar-refractivity contribution in [1.29, 1.82) is 0 Å². The van der Waals surface area contributed by atoms with Crippen molar-refractivity contribution in [3.63, 3.8) is 0 Å². The molecule has 1 heterocycles. The van der Waals surface area contributed by atoms with Crippen molar-refractivity contribution in [3.8, 4) is 0 Å². The molecule has 0 spiro atoms. The van der Waals surface area contributed by atoms with Crippen LogP contribution < -0.4 is 5.32 Å². The van der Waals surface area contributed by atoms with E-state index in [1.807, 2.05) is 0 Å². The maximum atomic E-state index is 12.2. The van der Waals surface area contributed by atoms with E-state index in [4.69, 9.17) is 5.11 Å². The van der Waals surface area contributed by atoms with Crippen LogP contribution in [-0.2, 0) is 9.59 Å². The third-order valence-corrected chi connectivity index (χ3v) is 3.70. The maximum absolute atomic E-state index is 12.2. The first-order valence-corrected chi connectivity index (χ1v) is 7.14. The van der Waals surface area contributed by atoms with Crippen LogP contribution in [0.15, 0.2) is 48.2 Å². The molecule has 0 atom stereocenters. The predicted molar refractivity (Wildman–Crippen MR) is 86.1 cm³/mol. The number of aliphatic hydroxyl groups excluding tert-OH is 1. The van der Waals surface area contributed by atoms with Crippen LogP contribution in [0.5, 0.6) is 0 Å². The molecule has 2 aromatic carbocycles. The predicted octanol–water partition coefficient (Wildman–Crippen LogP) is 1.40. The highest BCUT2D eigenvalue weighted by molar-refractivity contribution is 6.18. The Balaban J connectivity index is 1.99. The minimum atomic E-state index is -0.545. The van der Waals surface area contributed by atoms with Gasteiger partial charge in [-0.2, -0.15) is 0 Å². The molecule has 0 saturated carbocycles. The molecule has 0 fully saturated rings. The molecule has 0 aromatic heterocycles. The highest BCUT2D eigenvalue weighted by atomic mass is 16.6. The molecular formula is C16H13N3O5. The molecule has 0 bridgehead atoms. The van der Waals surface area contributed by atoms with Gasteiger partial charge in [-0.1, -0.05) is 18.2 Å². The molecule has 3 rings (SSSR count). The number of hydrogen-bond donors (Lipinski definition) is 2. The lowest BCUT2D eigenvalue weighted by atomic mass is 10.1. The lowest BCUT2D eigenvalue weighted by Crippen LogP contribution is -2.34. The van der Waals surface area contributed by atoms with Gasteiger partial charge in [-0.3, -0.25) is 24.6 Å². The number of nitro benzene ring substituents is 1. The average molecular weight is 327 g/mol. The van der Waals surface area contributed by atoms with Crippen molar-refractivity contribution >= 4 is 34.0 Å². The second-order valence-electron chi connectivity index (χ2n) is 5.14. The molecule has 2 amide bonds. The third-order valence-electron chi connectivity index (χ3n) is 3.70. The quantitative estimate of drug-likeness (QED) is 0.488. The van der Waals surface area contributed by atoms with Gasteiger partial charge in [0.1, 0.15) is 5.70 Å². The van der Waals surface area contributed by atoms with Gasteiger partial charge in [0, 0.05) is 23.2 Å². The van der Waals surface area contributed by atoms with Crippen LogP contribution in [0.2, 0.25) is 0 Å². The lowest BCUT2D eigenvalue weighted by Gasteiger charge is -2.14. The van der Waals surface area contributed by atoms with Gasteiger partial charge in [0.25, 0.3) is 17.5 Å². The van der Waals surface area contributed by atoms with Crippen molar-refractivity contribution in [2.45, 2.75) is 0 Å². The summed E-state index contributed by atoms with van der Waals surface area (Å²) in [6.07, 6.45) is 1.15. The Labute approximate surface area is 136 Å². The van der Waals surface area contributed by atoms with Crippen LogP contribution in [0.1, 0.15) is 0 Å². The van der Waals surface area contributed by atoms with Crippen LogP contribution in [-0.4, -0.2) is 39.9 Å². The molecule has 2 aromatic rings. The monoisotopic (exact) mass is 327 g/mol. The van der Waals surface area contributed by atoms with Gasteiger partial charge in [-0.15, -0.1) is 0 Å². The number of benzene rings is 2. The molecule has 122 valence electrons. The highest BCUT2D eigenvalue weighted by Crippen LogP contribution is 2.32. The average Bonchev–Trinajstić information content (AvgIpc) is 2.83. The molecule has 8 nitrogen and oxygen atoms in total. The molecule has 1 aliphatic heterocycles. The van der Waals surface area contributed by atoms with Crippen molar-refractivity contribution in [2.24, 2.45) is 0 Å². The fourth-order valence-corrected chi connectivity index (χ4v) is 2.61. The summed E-state index contributed by atoms with van der Waals surface area (Å²) in [6, 6.07) is 9.56. The first kappa shape index (κ1) is 15.6. The summed E-state index contributed by atoms with van der Waals surface area (Å²) in [4.78, 5) is 35.5. The highest BCUT2D eigenvalue weighted by Gasteiger charge is 2.31. The van der Waals surface area contributed by atoms with E-state index in [1.165, 1.54) is 12.1 Å². The zero-order valence-corrected chi connectivity index (χ0v) is 12.4. The molecular weight excluding hydrogens is 314 g/mol. The standard InChI is InChI=1S/C16H13N3O5/c20-8-7-18-15(21)9-13(16(18)22)17-12-5-6-14(19(23)24)11-4-2-1-3-10(11)12/h1-6,9,17,20H,7-8H2. The van der Waals surface area contributed by atoms with E-state index in [1.54, 1.807) is 24.3 Å². The number of amides is 2. The number of non-ortho nitro benzene ring substituents is 1. The first-order chi connectivity index (χ1) is 11.5. The van der Waals surface area contributed by atoms with E-state index < -0.39 is 16.7 Å². The Morgan fingerprint density at radius 2 is 1.83 bits per heavy atom. The number of nitrogens with one attached hydrogen (secondary N) is 1. The fourth-order valence-electron chi connectivity index (χ4n) is 2.61. The number of nitrogens with zero attached hydrogens (tertiary/aromatic N) is 2. The van der Waals surface area contributed by atoms with Crippen LogP contribution >= 0.6 is 0 Å². The SMILES string of the molecule is O=C1C=C(Nc2ccc([N+](=O)[O-])c3ccccc23)C(=O)N1CCO. The number of anilines is 1. The number of nitro groups is 1. The Hall–Kier alpha value is -3.26. The second-order valence-corrected chi connectivity index (χ2v) is 5.14. The van der Waals surface area contributed by atoms with E-state index in [-0.39, 0.29) is 24.5 Å². The number of carbonyl (C=O) groups excluding carboxylic acids is 2. The number of hydrogen-bond acceptors (Lipinski definition) is 6. The van der Waals surface area contributed by atoms with Crippen molar-refractivity contribution in [3.05, 3.63) is 58.3 Å². The molecule has 1 aliphatic rings. The topological polar surface area (TPSA) is 113 Å². The van der Waals surface area contributed by atoms with Gasteiger partial charge in [0.15, 0.2) is 0 Å². The van der Waals surface area contributed by atoms with Gasteiger partial charge in [-0.25, -0.2) is 0 Å². The molecule has 0 radical (unpaired) electrons. The van der Waals surface area contributed by atoms with E-state index in [0.717, 1.165) is 11.0 Å². The van der Waals surface area contributed by atoms with Gasteiger partial charge in [-0.05, 0) is 12.1 Å². The first-order valence-electron chi connectivity index (χ1n) is 7.14. The van der Waals surface area contributed by atoms with Crippen molar-refractivity contribution in [1.82, 2.24) is 4.90 Å². The normalized spacial score (nSPS) is 14.2. The summed E-state index contributed by atoms with van der Waals surface area (Å²) in [7, 11) is 0. The fraction of sp³-hybridized carbons (Fsp3) is 0.125. The largest absolute Gasteiger partial charge is 0.395 e. The van der Waals surface area contributed by atoms with Crippen LogP contribution in [0.25, 0.3) is 10.8 Å².